The van der Waals surface area contributed by atoms with Gasteiger partial charge in [-0.2, -0.15) is 0 Å². The number of carbonyl (C=O) groups is 2. The third-order valence-corrected chi connectivity index (χ3v) is 3.69. The van der Waals surface area contributed by atoms with Crippen molar-refractivity contribution in [3.63, 3.8) is 0 Å². The van der Waals surface area contributed by atoms with E-state index in [0.29, 0.717) is 13.0 Å². The number of amides is 1. The highest BCUT2D eigenvalue weighted by molar-refractivity contribution is 5.81. The van der Waals surface area contributed by atoms with Gasteiger partial charge in [-0.15, -0.1) is 0 Å². The first-order valence-corrected chi connectivity index (χ1v) is 8.55. The molecule has 1 saturated heterocycles. The highest BCUT2D eigenvalue weighted by Crippen LogP contribution is 2.36. The van der Waals surface area contributed by atoms with Gasteiger partial charge in [0, 0.05) is 6.08 Å². The van der Waals surface area contributed by atoms with Crippen molar-refractivity contribution in [3.05, 3.63) is 12.2 Å². The lowest BCUT2D eigenvalue weighted by Crippen LogP contribution is -2.50. The lowest BCUT2D eigenvalue weighted by molar-refractivity contribution is -0.137. The van der Waals surface area contributed by atoms with E-state index in [4.69, 9.17) is 14.2 Å². The maximum atomic E-state index is 12.7. The quantitative estimate of drug-likeness (QED) is 0.564. The molecule has 1 fully saturated rings. The zero-order valence-electron chi connectivity index (χ0n) is 15.9. The van der Waals surface area contributed by atoms with E-state index >= 15 is 0 Å². The fourth-order valence-corrected chi connectivity index (χ4v) is 2.84. The minimum atomic E-state index is -0.758. The molecule has 0 N–H and O–H groups in total. The van der Waals surface area contributed by atoms with Gasteiger partial charge in [0.1, 0.15) is 11.3 Å². The first kappa shape index (κ1) is 20.5. The number of rotatable bonds is 5. The molecular formula is C18H31NO5. The topological polar surface area (TPSA) is 65.1 Å². The van der Waals surface area contributed by atoms with Crippen LogP contribution in [0.2, 0.25) is 0 Å². The normalized spacial score (nSPS) is 23.5. The Balaban J connectivity index is 2.93. The number of carbonyl (C=O) groups excluding carboxylic acids is 2. The third-order valence-electron chi connectivity index (χ3n) is 3.69. The first-order valence-electron chi connectivity index (χ1n) is 8.55. The Morgan fingerprint density at radius 3 is 2.38 bits per heavy atom. The summed E-state index contributed by atoms with van der Waals surface area (Å²) in [6, 6.07) is -0.189. The molecule has 0 aromatic rings. The monoisotopic (exact) mass is 341 g/mol. The van der Waals surface area contributed by atoms with E-state index in [2.05, 4.69) is 0 Å². The number of esters is 1. The fourth-order valence-electron chi connectivity index (χ4n) is 2.84. The van der Waals surface area contributed by atoms with Gasteiger partial charge in [0.25, 0.3) is 0 Å². The summed E-state index contributed by atoms with van der Waals surface area (Å²) >= 11 is 0. The highest BCUT2D eigenvalue weighted by Gasteiger charge is 2.49. The van der Waals surface area contributed by atoms with Gasteiger partial charge < -0.3 is 14.2 Å². The molecule has 0 bridgehead atoms. The zero-order chi connectivity index (χ0) is 18.5. The van der Waals surface area contributed by atoms with Crippen LogP contribution >= 0.6 is 0 Å². The van der Waals surface area contributed by atoms with E-state index in [1.54, 1.807) is 17.9 Å². The predicted octanol–water partition coefficient (Wildman–Crippen LogP) is 3.65. The van der Waals surface area contributed by atoms with Crippen LogP contribution in [0.15, 0.2) is 12.2 Å². The molecule has 6 nitrogen and oxygen atoms in total. The zero-order valence-corrected chi connectivity index (χ0v) is 15.9. The van der Waals surface area contributed by atoms with Gasteiger partial charge in [-0.05, 0) is 54.4 Å². The fraction of sp³-hybridized carbons (Fsp3) is 0.778. The average molecular weight is 341 g/mol. The van der Waals surface area contributed by atoms with Gasteiger partial charge in [-0.3, -0.25) is 4.90 Å². The number of hydrogen-bond donors (Lipinski definition) is 0. The van der Waals surface area contributed by atoms with Crippen LogP contribution in [-0.4, -0.2) is 47.0 Å². The molecule has 1 aliphatic heterocycles. The highest BCUT2D eigenvalue weighted by atomic mass is 16.6. The summed E-state index contributed by atoms with van der Waals surface area (Å²) in [5, 5.41) is 0. The summed E-state index contributed by atoms with van der Waals surface area (Å²) in [5.74, 6) is -0.382. The van der Waals surface area contributed by atoms with Crippen molar-refractivity contribution in [1.29, 1.82) is 0 Å². The number of nitrogens with zero attached hydrogens (tertiary/aromatic N) is 1. The maximum Gasteiger partial charge on any atom is 0.412 e. The molecule has 0 saturated carbocycles. The largest absolute Gasteiger partial charge is 0.463 e. The molecule has 24 heavy (non-hydrogen) atoms. The van der Waals surface area contributed by atoms with Crippen LogP contribution in [-0.2, 0) is 19.0 Å². The van der Waals surface area contributed by atoms with Crippen LogP contribution in [0.5, 0.6) is 0 Å². The standard InChI is InChI=1S/C18H31NO5/c1-8-14-13(11-10-12-15(20)22-9-2)19(18(6,7)23-14)16(21)24-17(3,4)5/h10,12-14H,8-9,11H2,1-7H3/b12-10+/t13-,14+/m0/s1. The summed E-state index contributed by atoms with van der Waals surface area (Å²) in [5.41, 5.74) is -1.34. The van der Waals surface area contributed by atoms with Gasteiger partial charge in [0.15, 0.2) is 0 Å². The molecule has 2 atom stereocenters. The summed E-state index contributed by atoms with van der Waals surface area (Å²) in [4.78, 5) is 25.7. The van der Waals surface area contributed by atoms with Crippen molar-refractivity contribution in [3.8, 4) is 0 Å². The lowest BCUT2D eigenvalue weighted by atomic mass is 10.0. The third kappa shape index (κ3) is 5.51. The Bertz CT molecular complexity index is 478. The summed E-state index contributed by atoms with van der Waals surface area (Å²) in [7, 11) is 0. The molecule has 1 amide bonds. The first-order chi connectivity index (χ1) is 11.0. The predicted molar refractivity (Wildman–Crippen MR) is 91.5 cm³/mol. The number of hydrogen-bond acceptors (Lipinski definition) is 5. The Hall–Kier alpha value is -1.56. The Morgan fingerprint density at radius 2 is 1.88 bits per heavy atom. The smallest absolute Gasteiger partial charge is 0.412 e. The molecular weight excluding hydrogens is 310 g/mol. The average Bonchev–Trinajstić information content (AvgIpc) is 2.67. The van der Waals surface area contributed by atoms with Crippen molar-refractivity contribution in [2.45, 2.75) is 84.8 Å². The molecule has 0 aliphatic carbocycles. The van der Waals surface area contributed by atoms with Crippen molar-refractivity contribution < 1.29 is 23.8 Å². The van der Waals surface area contributed by atoms with Crippen LogP contribution < -0.4 is 0 Å². The van der Waals surface area contributed by atoms with Gasteiger partial charge in [-0.1, -0.05) is 13.0 Å². The van der Waals surface area contributed by atoms with Crippen LogP contribution in [0.4, 0.5) is 4.79 Å². The SMILES string of the molecule is CCOC(=O)/C=C/C[C@H]1[C@@H](CC)OC(C)(C)N1C(=O)OC(C)(C)C. The maximum absolute atomic E-state index is 12.7. The van der Waals surface area contributed by atoms with Crippen molar-refractivity contribution in [2.24, 2.45) is 0 Å². The second-order valence-corrected chi connectivity index (χ2v) is 7.32. The van der Waals surface area contributed by atoms with Gasteiger partial charge in [-0.25, -0.2) is 9.59 Å². The van der Waals surface area contributed by atoms with E-state index in [9.17, 15) is 9.59 Å². The second kappa shape index (κ2) is 8.01. The van der Waals surface area contributed by atoms with E-state index < -0.39 is 17.4 Å². The lowest BCUT2D eigenvalue weighted by Gasteiger charge is -2.35. The van der Waals surface area contributed by atoms with Crippen LogP contribution in [0.3, 0.4) is 0 Å². The van der Waals surface area contributed by atoms with Gasteiger partial charge in [0.05, 0.1) is 18.8 Å². The molecule has 0 aromatic carbocycles. The van der Waals surface area contributed by atoms with Crippen molar-refractivity contribution in [1.82, 2.24) is 4.90 Å². The van der Waals surface area contributed by atoms with E-state index in [-0.39, 0.29) is 18.1 Å². The molecule has 1 heterocycles. The molecule has 1 aliphatic rings. The second-order valence-electron chi connectivity index (χ2n) is 7.32. The molecule has 0 aromatic heterocycles. The minimum Gasteiger partial charge on any atom is -0.463 e. The van der Waals surface area contributed by atoms with Gasteiger partial charge in [0.2, 0.25) is 0 Å². The van der Waals surface area contributed by atoms with Crippen molar-refractivity contribution in [2.75, 3.05) is 6.61 Å². The Kier molecular flexibility index (Phi) is 6.84. The molecule has 0 spiro atoms. The molecule has 6 heteroatoms. The molecule has 1 rings (SSSR count). The van der Waals surface area contributed by atoms with Crippen LogP contribution in [0, 0.1) is 0 Å². The van der Waals surface area contributed by atoms with E-state index in [1.807, 2.05) is 41.5 Å². The van der Waals surface area contributed by atoms with Gasteiger partial charge >= 0.3 is 12.1 Å². The van der Waals surface area contributed by atoms with E-state index in [1.165, 1.54) is 6.08 Å². The molecule has 0 unspecified atom stereocenters. The molecule has 138 valence electrons. The minimum absolute atomic E-state index is 0.112. The Morgan fingerprint density at radius 1 is 1.25 bits per heavy atom. The number of ether oxygens (including phenoxy) is 3. The summed E-state index contributed by atoms with van der Waals surface area (Å²) in [6.07, 6.45) is 3.88. The van der Waals surface area contributed by atoms with Crippen LogP contribution in [0.25, 0.3) is 0 Å². The Labute approximate surface area is 145 Å². The van der Waals surface area contributed by atoms with Crippen molar-refractivity contribution >= 4 is 12.1 Å². The van der Waals surface area contributed by atoms with E-state index in [0.717, 1.165) is 6.42 Å². The molecule has 0 radical (unpaired) electrons. The van der Waals surface area contributed by atoms with Crippen LogP contribution in [0.1, 0.15) is 61.3 Å². The summed E-state index contributed by atoms with van der Waals surface area (Å²) in [6.45, 7) is 13.3. The summed E-state index contributed by atoms with van der Waals surface area (Å²) < 4.78 is 16.5.